The van der Waals surface area contributed by atoms with Crippen molar-refractivity contribution in [3.05, 3.63) is 54.4 Å². The smallest absolute Gasteiger partial charge is 0.223 e. The molecule has 0 radical (unpaired) electrons. The summed E-state index contributed by atoms with van der Waals surface area (Å²) < 4.78 is 12.9. The van der Waals surface area contributed by atoms with Gasteiger partial charge in [0.15, 0.2) is 0 Å². The van der Waals surface area contributed by atoms with E-state index in [-0.39, 0.29) is 11.8 Å². The fourth-order valence-electron chi connectivity index (χ4n) is 4.43. The highest BCUT2D eigenvalue weighted by Crippen LogP contribution is 2.26. The van der Waals surface area contributed by atoms with Crippen LogP contribution in [0.4, 0.5) is 0 Å². The summed E-state index contributed by atoms with van der Waals surface area (Å²) in [5.41, 5.74) is 3.16. The van der Waals surface area contributed by atoms with Crippen molar-refractivity contribution in [2.75, 3.05) is 40.0 Å². The van der Waals surface area contributed by atoms with Crippen molar-refractivity contribution < 1.29 is 14.3 Å². The normalized spacial score (nSPS) is 15.1. The van der Waals surface area contributed by atoms with Crippen molar-refractivity contribution in [1.29, 1.82) is 0 Å². The molecule has 0 aliphatic carbocycles. The lowest BCUT2D eigenvalue weighted by molar-refractivity contribution is -0.126. The Morgan fingerprint density at radius 1 is 1.12 bits per heavy atom. The molecule has 1 N–H and O–H groups in total. The Kier molecular flexibility index (Phi) is 7.96. The molecule has 0 unspecified atom stereocenters. The van der Waals surface area contributed by atoms with Crippen LogP contribution in [0.1, 0.15) is 32.0 Å². The number of benzene rings is 2. The summed E-state index contributed by atoms with van der Waals surface area (Å²) in [5.74, 6) is 2.12. The molecular weight excluding hydrogens is 416 g/mol. The minimum absolute atomic E-state index is 0.0914. The number of piperidine rings is 1. The molecule has 3 aromatic rings. The molecule has 2 aromatic carbocycles. The topological polar surface area (TPSA) is 68.6 Å². The molecule has 7 nitrogen and oxygen atoms in total. The van der Waals surface area contributed by atoms with E-state index in [1.165, 1.54) is 0 Å². The van der Waals surface area contributed by atoms with Crippen LogP contribution in [-0.2, 0) is 16.1 Å². The lowest BCUT2D eigenvalue weighted by atomic mass is 9.96. The highest BCUT2D eigenvalue weighted by Gasteiger charge is 2.26. The maximum absolute atomic E-state index is 12.5. The molecule has 0 atom stereocenters. The maximum atomic E-state index is 12.5. The third-order valence-corrected chi connectivity index (χ3v) is 6.25. The second-order valence-electron chi connectivity index (χ2n) is 8.44. The van der Waals surface area contributed by atoms with E-state index in [9.17, 15) is 4.79 Å². The number of hydrogen-bond acceptors (Lipinski definition) is 5. The van der Waals surface area contributed by atoms with Gasteiger partial charge in [-0.2, -0.15) is 0 Å². The van der Waals surface area contributed by atoms with Crippen LogP contribution < -0.4 is 10.1 Å². The summed E-state index contributed by atoms with van der Waals surface area (Å²) in [7, 11) is 1.68. The van der Waals surface area contributed by atoms with Crippen molar-refractivity contribution in [3.8, 4) is 11.4 Å². The van der Waals surface area contributed by atoms with Gasteiger partial charge in [-0.25, -0.2) is 4.98 Å². The minimum atomic E-state index is 0.0914. The Balaban J connectivity index is 1.40. The number of para-hydroxylation sites is 2. The second-order valence-corrected chi connectivity index (χ2v) is 8.44. The van der Waals surface area contributed by atoms with Crippen LogP contribution in [0.2, 0.25) is 0 Å². The minimum Gasteiger partial charge on any atom is -0.497 e. The zero-order chi connectivity index (χ0) is 23.0. The summed E-state index contributed by atoms with van der Waals surface area (Å²) in [6, 6.07) is 16.3. The van der Waals surface area contributed by atoms with E-state index < -0.39 is 0 Å². The first-order valence-electron chi connectivity index (χ1n) is 11.9. The Morgan fingerprint density at radius 2 is 1.88 bits per heavy atom. The average molecular weight is 451 g/mol. The third-order valence-electron chi connectivity index (χ3n) is 6.25. The second kappa shape index (κ2) is 11.3. The molecule has 0 saturated carbocycles. The zero-order valence-electron chi connectivity index (χ0n) is 19.6. The molecule has 1 aromatic heterocycles. The van der Waals surface area contributed by atoms with Gasteiger partial charge in [0, 0.05) is 31.4 Å². The number of amides is 1. The lowest BCUT2D eigenvalue weighted by Crippen LogP contribution is -2.40. The molecule has 1 saturated heterocycles. The quantitative estimate of drug-likeness (QED) is 0.476. The molecule has 1 aliphatic heterocycles. The van der Waals surface area contributed by atoms with Gasteiger partial charge in [-0.1, -0.05) is 12.1 Å². The van der Waals surface area contributed by atoms with Crippen LogP contribution in [0, 0.1) is 5.92 Å². The van der Waals surface area contributed by atoms with Crippen LogP contribution in [0.25, 0.3) is 16.7 Å². The SMILES string of the molecule is CCOCCCNC(=O)C1CCN(Cc2nc3ccccc3n2-c2ccc(OC)cc2)CC1. The number of imidazole rings is 1. The highest BCUT2D eigenvalue weighted by atomic mass is 16.5. The van der Waals surface area contributed by atoms with Crippen molar-refractivity contribution in [2.24, 2.45) is 5.92 Å². The molecule has 1 aliphatic rings. The van der Waals surface area contributed by atoms with E-state index in [0.717, 1.165) is 73.8 Å². The molecule has 7 heteroatoms. The Bertz CT molecular complexity index is 1040. The Morgan fingerprint density at radius 3 is 2.61 bits per heavy atom. The van der Waals surface area contributed by atoms with Crippen LogP contribution in [0.3, 0.4) is 0 Å². The van der Waals surface area contributed by atoms with Crippen LogP contribution in [0.15, 0.2) is 48.5 Å². The summed E-state index contributed by atoms with van der Waals surface area (Å²) in [4.78, 5) is 19.9. The molecule has 4 rings (SSSR count). The van der Waals surface area contributed by atoms with Gasteiger partial charge in [-0.15, -0.1) is 0 Å². The van der Waals surface area contributed by atoms with Crippen LogP contribution >= 0.6 is 0 Å². The molecular formula is C26H34N4O3. The number of fused-ring (bicyclic) bond motifs is 1. The fourth-order valence-corrected chi connectivity index (χ4v) is 4.43. The summed E-state index contributed by atoms with van der Waals surface area (Å²) in [5, 5.41) is 3.07. The number of methoxy groups -OCH3 is 1. The van der Waals surface area contributed by atoms with E-state index in [2.05, 4.69) is 39.0 Å². The number of likely N-dealkylation sites (tertiary alicyclic amines) is 1. The van der Waals surface area contributed by atoms with E-state index in [4.69, 9.17) is 14.5 Å². The lowest BCUT2D eigenvalue weighted by Gasteiger charge is -2.31. The summed E-state index contributed by atoms with van der Waals surface area (Å²) in [6.45, 7) is 6.63. The Hall–Kier alpha value is -2.90. The summed E-state index contributed by atoms with van der Waals surface area (Å²) >= 11 is 0. The molecule has 176 valence electrons. The average Bonchev–Trinajstić information content (AvgIpc) is 3.22. The predicted molar refractivity (Wildman–Crippen MR) is 130 cm³/mol. The number of nitrogens with zero attached hydrogens (tertiary/aromatic N) is 3. The molecule has 1 fully saturated rings. The fraction of sp³-hybridized carbons (Fsp3) is 0.462. The van der Waals surface area contributed by atoms with E-state index >= 15 is 0 Å². The van der Waals surface area contributed by atoms with Gasteiger partial charge >= 0.3 is 0 Å². The molecule has 0 spiro atoms. The van der Waals surface area contributed by atoms with Gasteiger partial charge in [0.05, 0.1) is 24.7 Å². The maximum Gasteiger partial charge on any atom is 0.223 e. The number of nitrogens with one attached hydrogen (secondary N) is 1. The van der Waals surface area contributed by atoms with Crippen molar-refractivity contribution >= 4 is 16.9 Å². The number of rotatable bonds is 10. The molecule has 2 heterocycles. The Labute approximate surface area is 195 Å². The van der Waals surface area contributed by atoms with Crippen LogP contribution in [0.5, 0.6) is 5.75 Å². The third kappa shape index (κ3) is 5.72. The highest BCUT2D eigenvalue weighted by molar-refractivity contribution is 5.79. The largest absolute Gasteiger partial charge is 0.497 e. The standard InChI is InChI=1S/C26H34N4O3/c1-3-33-18-6-15-27-26(31)20-13-16-29(17-14-20)19-25-28-23-7-4-5-8-24(23)30(25)21-9-11-22(32-2)12-10-21/h4-5,7-12,20H,3,6,13-19H2,1-2H3,(H,27,31). The number of ether oxygens (including phenoxy) is 2. The first-order chi connectivity index (χ1) is 16.2. The van der Waals surface area contributed by atoms with E-state index in [1.807, 2.05) is 31.2 Å². The number of aromatic nitrogens is 2. The van der Waals surface area contributed by atoms with Gasteiger partial charge < -0.3 is 14.8 Å². The first kappa shape index (κ1) is 23.3. The summed E-state index contributed by atoms with van der Waals surface area (Å²) in [6.07, 6.45) is 2.61. The van der Waals surface area contributed by atoms with Gasteiger partial charge in [0.25, 0.3) is 0 Å². The predicted octanol–water partition coefficient (Wildman–Crippen LogP) is 3.79. The molecule has 33 heavy (non-hydrogen) atoms. The molecule has 1 amide bonds. The number of carbonyl (C=O) groups excluding carboxylic acids is 1. The van der Waals surface area contributed by atoms with Crippen molar-refractivity contribution in [2.45, 2.75) is 32.7 Å². The van der Waals surface area contributed by atoms with E-state index in [1.54, 1.807) is 7.11 Å². The van der Waals surface area contributed by atoms with Gasteiger partial charge in [-0.3, -0.25) is 14.3 Å². The van der Waals surface area contributed by atoms with Crippen molar-refractivity contribution in [3.63, 3.8) is 0 Å². The number of hydrogen-bond donors (Lipinski definition) is 1. The zero-order valence-corrected chi connectivity index (χ0v) is 19.6. The van der Waals surface area contributed by atoms with E-state index in [0.29, 0.717) is 13.2 Å². The molecule has 0 bridgehead atoms. The van der Waals surface area contributed by atoms with Crippen molar-refractivity contribution in [1.82, 2.24) is 19.8 Å². The van der Waals surface area contributed by atoms with Gasteiger partial charge in [-0.05, 0) is 75.7 Å². The number of carbonyl (C=O) groups is 1. The van der Waals surface area contributed by atoms with Gasteiger partial charge in [0.2, 0.25) is 5.91 Å². The van der Waals surface area contributed by atoms with Crippen LogP contribution in [-0.4, -0.2) is 60.3 Å². The first-order valence-corrected chi connectivity index (χ1v) is 11.9. The monoisotopic (exact) mass is 450 g/mol. The van der Waals surface area contributed by atoms with Gasteiger partial charge in [0.1, 0.15) is 11.6 Å².